The quantitative estimate of drug-likeness (QED) is 0.677. The molecule has 0 aliphatic carbocycles. The van der Waals surface area contributed by atoms with Gasteiger partial charge in [-0.25, -0.2) is 8.42 Å². The van der Waals surface area contributed by atoms with E-state index in [9.17, 15) is 18.0 Å². The number of hydrogen-bond acceptors (Lipinski definition) is 4. The van der Waals surface area contributed by atoms with E-state index in [1.807, 2.05) is 57.2 Å². The second-order valence-electron chi connectivity index (χ2n) is 7.86. The molecule has 1 atom stereocenters. The van der Waals surface area contributed by atoms with Gasteiger partial charge in [0.15, 0.2) is 0 Å². The van der Waals surface area contributed by atoms with Crippen LogP contribution in [0.3, 0.4) is 0 Å². The molecule has 1 N–H and O–H groups in total. The summed E-state index contributed by atoms with van der Waals surface area (Å²) in [5.74, 6) is -0.778. The fourth-order valence-corrected chi connectivity index (χ4v) is 4.27. The molecule has 0 radical (unpaired) electrons. The van der Waals surface area contributed by atoms with Gasteiger partial charge in [0.1, 0.15) is 12.6 Å². The van der Waals surface area contributed by atoms with E-state index in [1.165, 1.54) is 11.9 Å². The van der Waals surface area contributed by atoms with Crippen LogP contribution in [0.4, 0.5) is 5.69 Å². The third kappa shape index (κ3) is 6.30. The van der Waals surface area contributed by atoms with E-state index < -0.39 is 28.5 Å². The molecule has 0 fully saturated rings. The third-order valence-corrected chi connectivity index (χ3v) is 6.31. The van der Waals surface area contributed by atoms with Gasteiger partial charge < -0.3 is 10.2 Å². The first-order valence-electron chi connectivity index (χ1n) is 10.1. The Balaban J connectivity index is 2.40. The molecule has 2 aromatic rings. The Hall–Kier alpha value is -2.87. The van der Waals surface area contributed by atoms with Crippen molar-refractivity contribution in [2.45, 2.75) is 40.3 Å². The maximum atomic E-state index is 13.3. The molecular formula is C23H31N3O4S. The Morgan fingerprint density at radius 3 is 2.10 bits per heavy atom. The molecule has 0 aromatic heterocycles. The number of rotatable bonds is 8. The lowest BCUT2D eigenvalue weighted by Crippen LogP contribution is -2.50. The average Bonchev–Trinajstić information content (AvgIpc) is 2.70. The maximum Gasteiger partial charge on any atom is 0.244 e. The second kappa shape index (κ2) is 9.96. The van der Waals surface area contributed by atoms with Crippen LogP contribution in [-0.2, 0) is 26.2 Å². The largest absolute Gasteiger partial charge is 0.357 e. The topological polar surface area (TPSA) is 86.8 Å². The molecule has 0 unspecified atom stereocenters. The number of anilines is 1. The predicted octanol–water partition coefficient (Wildman–Crippen LogP) is 2.54. The predicted molar refractivity (Wildman–Crippen MR) is 123 cm³/mol. The highest BCUT2D eigenvalue weighted by molar-refractivity contribution is 7.92. The van der Waals surface area contributed by atoms with Crippen LogP contribution < -0.4 is 9.62 Å². The molecule has 2 rings (SSSR count). The van der Waals surface area contributed by atoms with Gasteiger partial charge in [-0.3, -0.25) is 13.9 Å². The number of sulfonamides is 1. The zero-order valence-corrected chi connectivity index (χ0v) is 19.8. The van der Waals surface area contributed by atoms with Crippen molar-refractivity contribution in [3.63, 3.8) is 0 Å². The van der Waals surface area contributed by atoms with Crippen LogP contribution in [0, 0.1) is 20.8 Å². The fraction of sp³-hybridized carbons (Fsp3) is 0.391. The Labute approximate surface area is 185 Å². The minimum atomic E-state index is -3.73. The summed E-state index contributed by atoms with van der Waals surface area (Å²) in [6.07, 6.45) is 1.08. The van der Waals surface area contributed by atoms with Gasteiger partial charge in [0, 0.05) is 13.6 Å². The van der Waals surface area contributed by atoms with Gasteiger partial charge >= 0.3 is 0 Å². The summed E-state index contributed by atoms with van der Waals surface area (Å²) < 4.78 is 26.2. The van der Waals surface area contributed by atoms with E-state index in [2.05, 4.69) is 5.32 Å². The van der Waals surface area contributed by atoms with Crippen molar-refractivity contribution < 1.29 is 18.0 Å². The summed E-state index contributed by atoms with van der Waals surface area (Å²) in [4.78, 5) is 27.0. The highest BCUT2D eigenvalue weighted by Gasteiger charge is 2.30. The molecule has 0 aliphatic heterocycles. The molecular weight excluding hydrogens is 414 g/mol. The summed E-state index contributed by atoms with van der Waals surface area (Å²) in [5.41, 5.74) is 4.13. The van der Waals surface area contributed by atoms with Crippen molar-refractivity contribution in [2.75, 3.05) is 24.2 Å². The van der Waals surface area contributed by atoms with Gasteiger partial charge in [-0.1, -0.05) is 47.5 Å². The number of carbonyl (C=O) groups is 2. The summed E-state index contributed by atoms with van der Waals surface area (Å²) in [6, 6.07) is 12.3. The number of amides is 2. The van der Waals surface area contributed by atoms with Gasteiger partial charge in [-0.2, -0.15) is 0 Å². The number of hydrogen-bond donors (Lipinski definition) is 1. The molecule has 2 aromatic carbocycles. The van der Waals surface area contributed by atoms with E-state index in [0.29, 0.717) is 5.69 Å². The van der Waals surface area contributed by atoms with Gasteiger partial charge in [0.25, 0.3) is 0 Å². The fourth-order valence-electron chi connectivity index (χ4n) is 3.36. The van der Waals surface area contributed by atoms with Crippen molar-refractivity contribution in [2.24, 2.45) is 0 Å². The standard InChI is InChI=1S/C23H31N3O4S/c1-16-7-10-20(11-8-16)14-25(19(4)23(28)24-5)22(27)15-26(31(6,29)30)21-12-9-17(2)13-18(21)3/h7-13,19H,14-15H2,1-6H3,(H,24,28)/t19-/m0/s1. The number of benzene rings is 2. The van der Waals surface area contributed by atoms with Crippen LogP contribution in [0.5, 0.6) is 0 Å². The monoisotopic (exact) mass is 445 g/mol. The lowest BCUT2D eigenvalue weighted by Gasteiger charge is -2.31. The van der Waals surface area contributed by atoms with Crippen molar-refractivity contribution in [1.29, 1.82) is 0 Å². The molecule has 7 nitrogen and oxygen atoms in total. The molecule has 8 heteroatoms. The minimum Gasteiger partial charge on any atom is -0.357 e. The molecule has 0 aliphatic rings. The Bertz CT molecular complexity index is 1050. The molecule has 0 spiro atoms. The van der Waals surface area contributed by atoms with E-state index >= 15 is 0 Å². The molecule has 31 heavy (non-hydrogen) atoms. The average molecular weight is 446 g/mol. The first-order valence-corrected chi connectivity index (χ1v) is 11.9. The second-order valence-corrected chi connectivity index (χ2v) is 9.76. The summed E-state index contributed by atoms with van der Waals surface area (Å²) in [5, 5.41) is 2.56. The summed E-state index contributed by atoms with van der Waals surface area (Å²) >= 11 is 0. The van der Waals surface area contributed by atoms with Crippen molar-refractivity contribution in [3.8, 4) is 0 Å². The highest BCUT2D eigenvalue weighted by Crippen LogP contribution is 2.24. The lowest BCUT2D eigenvalue weighted by molar-refractivity contribution is -0.139. The Morgan fingerprint density at radius 1 is 1.00 bits per heavy atom. The number of likely N-dealkylation sites (N-methyl/N-ethyl adjacent to an activating group) is 1. The minimum absolute atomic E-state index is 0.193. The molecule has 0 bridgehead atoms. The number of carbonyl (C=O) groups excluding carboxylic acids is 2. The Kier molecular flexibility index (Phi) is 7.84. The van der Waals surface area contributed by atoms with E-state index in [0.717, 1.165) is 32.8 Å². The van der Waals surface area contributed by atoms with Gasteiger partial charge in [0.05, 0.1) is 11.9 Å². The van der Waals surface area contributed by atoms with E-state index in [4.69, 9.17) is 0 Å². The van der Waals surface area contributed by atoms with Gasteiger partial charge in [-0.15, -0.1) is 0 Å². The highest BCUT2D eigenvalue weighted by atomic mass is 32.2. The molecule has 168 valence electrons. The molecule has 0 saturated carbocycles. The van der Waals surface area contributed by atoms with Crippen molar-refractivity contribution in [1.82, 2.24) is 10.2 Å². The van der Waals surface area contributed by atoms with E-state index in [-0.39, 0.29) is 12.5 Å². The van der Waals surface area contributed by atoms with Crippen LogP contribution >= 0.6 is 0 Å². The summed E-state index contributed by atoms with van der Waals surface area (Å²) in [7, 11) is -2.22. The number of aryl methyl sites for hydroxylation is 3. The molecule has 0 saturated heterocycles. The lowest BCUT2D eigenvalue weighted by atomic mass is 10.1. The van der Waals surface area contributed by atoms with Crippen LogP contribution in [0.25, 0.3) is 0 Å². The zero-order valence-electron chi connectivity index (χ0n) is 19.0. The van der Waals surface area contributed by atoms with Crippen LogP contribution in [-0.4, -0.2) is 51.0 Å². The number of nitrogens with zero attached hydrogens (tertiary/aromatic N) is 2. The van der Waals surface area contributed by atoms with Crippen LogP contribution in [0.1, 0.15) is 29.2 Å². The van der Waals surface area contributed by atoms with E-state index in [1.54, 1.807) is 13.0 Å². The Morgan fingerprint density at radius 2 is 1.58 bits per heavy atom. The number of nitrogens with one attached hydrogen (secondary N) is 1. The third-order valence-electron chi connectivity index (χ3n) is 5.19. The first kappa shape index (κ1) is 24.4. The van der Waals surface area contributed by atoms with Crippen LogP contribution in [0.15, 0.2) is 42.5 Å². The van der Waals surface area contributed by atoms with Gasteiger partial charge in [0.2, 0.25) is 21.8 Å². The normalized spacial score (nSPS) is 12.2. The van der Waals surface area contributed by atoms with Crippen molar-refractivity contribution in [3.05, 3.63) is 64.7 Å². The molecule has 2 amide bonds. The van der Waals surface area contributed by atoms with Gasteiger partial charge in [-0.05, 0) is 44.9 Å². The first-order chi connectivity index (χ1) is 14.4. The summed E-state index contributed by atoms with van der Waals surface area (Å²) in [6.45, 7) is 7.12. The maximum absolute atomic E-state index is 13.3. The smallest absolute Gasteiger partial charge is 0.244 e. The zero-order chi connectivity index (χ0) is 23.3. The van der Waals surface area contributed by atoms with Crippen LogP contribution in [0.2, 0.25) is 0 Å². The molecule has 0 heterocycles. The SMILES string of the molecule is CNC(=O)[C@H](C)N(Cc1ccc(C)cc1)C(=O)CN(c1ccc(C)cc1C)S(C)(=O)=O. The van der Waals surface area contributed by atoms with Crippen molar-refractivity contribution >= 4 is 27.5 Å².